The number of hydrogen-bond acceptors (Lipinski definition) is 3. The molecule has 0 aromatic rings. The maximum atomic E-state index is 12.5. The standard InChI is InChI=1S/C19H36N2O2/c1-13(2)16(19(23)21-15-9-6-10-15)12-18(22)17(20)11-14-7-4-3-5-8-14/h13-18,22H,3-12,20H2,1-2H3,(H,21,23)/t16-,17-,18-/m0/s1. The molecule has 2 aliphatic carbocycles. The molecule has 0 bridgehead atoms. The molecular formula is C19H36N2O2. The lowest BCUT2D eigenvalue weighted by Crippen LogP contribution is -2.46. The third-order valence-electron chi connectivity index (χ3n) is 5.91. The van der Waals surface area contributed by atoms with E-state index in [4.69, 9.17) is 5.73 Å². The highest BCUT2D eigenvalue weighted by atomic mass is 16.3. The summed E-state index contributed by atoms with van der Waals surface area (Å²) in [5.41, 5.74) is 6.25. The van der Waals surface area contributed by atoms with Gasteiger partial charge in [-0.15, -0.1) is 0 Å². The van der Waals surface area contributed by atoms with Gasteiger partial charge in [-0.3, -0.25) is 4.79 Å². The van der Waals surface area contributed by atoms with Crippen molar-refractivity contribution in [2.75, 3.05) is 0 Å². The second-order valence-electron chi connectivity index (χ2n) is 8.19. The maximum absolute atomic E-state index is 12.5. The number of rotatable bonds is 8. The molecular weight excluding hydrogens is 288 g/mol. The van der Waals surface area contributed by atoms with Crippen molar-refractivity contribution in [3.63, 3.8) is 0 Å². The average Bonchev–Trinajstić information content (AvgIpc) is 2.48. The van der Waals surface area contributed by atoms with Crippen LogP contribution in [0.1, 0.15) is 78.1 Å². The van der Waals surface area contributed by atoms with Gasteiger partial charge >= 0.3 is 0 Å². The Morgan fingerprint density at radius 3 is 2.30 bits per heavy atom. The highest BCUT2D eigenvalue weighted by molar-refractivity contribution is 5.79. The number of aliphatic hydroxyl groups is 1. The number of hydrogen-bond donors (Lipinski definition) is 3. The van der Waals surface area contributed by atoms with Crippen molar-refractivity contribution in [2.45, 2.75) is 96.2 Å². The van der Waals surface area contributed by atoms with E-state index in [0.717, 1.165) is 19.3 Å². The quantitative estimate of drug-likeness (QED) is 0.642. The van der Waals surface area contributed by atoms with Gasteiger partial charge in [0.2, 0.25) is 5.91 Å². The Morgan fingerprint density at radius 1 is 1.13 bits per heavy atom. The van der Waals surface area contributed by atoms with Crippen molar-refractivity contribution in [3.8, 4) is 0 Å². The Hall–Kier alpha value is -0.610. The second kappa shape index (κ2) is 9.03. The first-order chi connectivity index (χ1) is 11.0. The van der Waals surface area contributed by atoms with Crippen LogP contribution in [0.5, 0.6) is 0 Å². The van der Waals surface area contributed by atoms with Crippen molar-refractivity contribution < 1.29 is 9.90 Å². The molecule has 4 nitrogen and oxygen atoms in total. The van der Waals surface area contributed by atoms with Crippen molar-refractivity contribution in [1.29, 1.82) is 0 Å². The zero-order valence-corrected chi connectivity index (χ0v) is 15.0. The molecule has 0 spiro atoms. The van der Waals surface area contributed by atoms with Gasteiger partial charge in [-0.2, -0.15) is 0 Å². The summed E-state index contributed by atoms with van der Waals surface area (Å²) in [7, 11) is 0. The van der Waals surface area contributed by atoms with E-state index in [1.165, 1.54) is 38.5 Å². The average molecular weight is 325 g/mol. The highest BCUT2D eigenvalue weighted by Crippen LogP contribution is 2.29. The predicted molar refractivity (Wildman–Crippen MR) is 93.9 cm³/mol. The van der Waals surface area contributed by atoms with E-state index in [-0.39, 0.29) is 23.8 Å². The second-order valence-corrected chi connectivity index (χ2v) is 8.19. The molecule has 0 unspecified atom stereocenters. The number of amides is 1. The summed E-state index contributed by atoms with van der Waals surface area (Å²) >= 11 is 0. The zero-order chi connectivity index (χ0) is 16.8. The number of aliphatic hydroxyl groups excluding tert-OH is 1. The molecule has 1 amide bonds. The van der Waals surface area contributed by atoms with E-state index >= 15 is 0 Å². The van der Waals surface area contributed by atoms with Crippen molar-refractivity contribution in [3.05, 3.63) is 0 Å². The topological polar surface area (TPSA) is 75.3 Å². The molecule has 0 heterocycles. The maximum Gasteiger partial charge on any atom is 0.223 e. The molecule has 0 aromatic carbocycles. The van der Waals surface area contributed by atoms with Crippen molar-refractivity contribution in [1.82, 2.24) is 5.32 Å². The van der Waals surface area contributed by atoms with E-state index in [0.29, 0.717) is 18.4 Å². The first-order valence-corrected chi connectivity index (χ1v) is 9.71. The van der Waals surface area contributed by atoms with E-state index in [1.54, 1.807) is 0 Å². The van der Waals surface area contributed by atoms with Crippen LogP contribution in [-0.2, 0) is 4.79 Å². The van der Waals surface area contributed by atoms with Gasteiger partial charge < -0.3 is 16.2 Å². The van der Waals surface area contributed by atoms with E-state index in [1.807, 2.05) is 0 Å². The summed E-state index contributed by atoms with van der Waals surface area (Å²) in [6, 6.07) is 0.160. The molecule has 2 rings (SSSR count). The number of nitrogens with two attached hydrogens (primary N) is 1. The molecule has 0 aromatic heterocycles. The smallest absolute Gasteiger partial charge is 0.223 e. The summed E-state index contributed by atoms with van der Waals surface area (Å²) in [6.07, 6.45) is 10.7. The third kappa shape index (κ3) is 5.75. The van der Waals surface area contributed by atoms with Crippen molar-refractivity contribution >= 4 is 5.91 Å². The minimum atomic E-state index is -0.573. The minimum absolute atomic E-state index is 0.105. The first-order valence-electron chi connectivity index (χ1n) is 9.71. The van der Waals surface area contributed by atoms with Crippen LogP contribution in [0.25, 0.3) is 0 Å². The van der Waals surface area contributed by atoms with Gasteiger partial charge in [-0.1, -0.05) is 46.0 Å². The molecule has 4 N–H and O–H groups in total. The summed E-state index contributed by atoms with van der Waals surface area (Å²) in [6.45, 7) is 4.12. The Bertz CT molecular complexity index is 362. The van der Waals surface area contributed by atoms with E-state index < -0.39 is 6.10 Å². The number of carbonyl (C=O) groups excluding carboxylic acids is 1. The normalized spacial score (nSPS) is 24.0. The predicted octanol–water partition coefficient (Wildman–Crippen LogP) is 2.98. The van der Waals surface area contributed by atoms with Gasteiger partial charge in [0.25, 0.3) is 0 Å². The zero-order valence-electron chi connectivity index (χ0n) is 15.0. The molecule has 134 valence electrons. The van der Waals surface area contributed by atoms with Crippen LogP contribution in [0.15, 0.2) is 0 Å². The number of nitrogens with one attached hydrogen (secondary N) is 1. The van der Waals surface area contributed by atoms with Crippen LogP contribution in [0.3, 0.4) is 0 Å². The van der Waals surface area contributed by atoms with Gasteiger partial charge in [0, 0.05) is 18.0 Å². The fourth-order valence-electron chi connectivity index (χ4n) is 3.94. The Kier molecular flexibility index (Phi) is 7.35. The molecule has 3 atom stereocenters. The molecule has 2 fully saturated rings. The minimum Gasteiger partial charge on any atom is -0.391 e. The molecule has 23 heavy (non-hydrogen) atoms. The Balaban J connectivity index is 1.80. The number of carbonyl (C=O) groups is 1. The van der Waals surface area contributed by atoms with Crippen LogP contribution in [0, 0.1) is 17.8 Å². The monoisotopic (exact) mass is 324 g/mol. The van der Waals surface area contributed by atoms with Crippen LogP contribution >= 0.6 is 0 Å². The summed E-state index contributed by atoms with van der Waals surface area (Å²) in [5, 5.41) is 13.6. The van der Waals surface area contributed by atoms with Crippen LogP contribution < -0.4 is 11.1 Å². The lowest BCUT2D eigenvalue weighted by atomic mass is 9.81. The van der Waals surface area contributed by atoms with E-state index in [2.05, 4.69) is 19.2 Å². The summed E-state index contributed by atoms with van der Waals surface area (Å²) in [4.78, 5) is 12.5. The van der Waals surface area contributed by atoms with Gasteiger partial charge in [-0.25, -0.2) is 0 Å². The lowest BCUT2D eigenvalue weighted by molar-refractivity contribution is -0.129. The van der Waals surface area contributed by atoms with Crippen LogP contribution in [0.4, 0.5) is 0 Å². The van der Waals surface area contributed by atoms with Gasteiger partial charge in [-0.05, 0) is 43.9 Å². The molecule has 0 radical (unpaired) electrons. The Labute approximate surface area is 141 Å². The van der Waals surface area contributed by atoms with Crippen LogP contribution in [-0.4, -0.2) is 29.2 Å². The highest BCUT2D eigenvalue weighted by Gasteiger charge is 2.31. The van der Waals surface area contributed by atoms with Gasteiger partial charge in [0.1, 0.15) is 0 Å². The SMILES string of the molecule is CC(C)[C@H](C[C@H](O)[C@@H](N)CC1CCCCC1)C(=O)NC1CCC1. The van der Waals surface area contributed by atoms with Gasteiger partial charge in [0.15, 0.2) is 0 Å². The fourth-order valence-corrected chi connectivity index (χ4v) is 3.94. The largest absolute Gasteiger partial charge is 0.391 e. The fraction of sp³-hybridized carbons (Fsp3) is 0.947. The molecule has 2 saturated carbocycles. The summed E-state index contributed by atoms with van der Waals surface area (Å²) < 4.78 is 0. The molecule has 0 aliphatic heterocycles. The lowest BCUT2D eigenvalue weighted by Gasteiger charge is -2.32. The molecule has 2 aliphatic rings. The van der Waals surface area contributed by atoms with E-state index in [9.17, 15) is 9.90 Å². The summed E-state index contributed by atoms with van der Waals surface area (Å²) in [5.74, 6) is 0.859. The third-order valence-corrected chi connectivity index (χ3v) is 5.91. The molecule has 0 saturated heterocycles. The first kappa shape index (κ1) is 18.7. The van der Waals surface area contributed by atoms with Crippen LogP contribution in [0.2, 0.25) is 0 Å². The molecule has 4 heteroatoms. The van der Waals surface area contributed by atoms with Crippen molar-refractivity contribution in [2.24, 2.45) is 23.5 Å². The van der Waals surface area contributed by atoms with Gasteiger partial charge in [0.05, 0.1) is 6.10 Å². The Morgan fingerprint density at radius 2 is 1.78 bits per heavy atom.